The van der Waals surface area contributed by atoms with E-state index in [1.165, 1.54) is 17.4 Å². The van der Waals surface area contributed by atoms with Gasteiger partial charge in [-0.15, -0.1) is 16.2 Å². The Hall–Kier alpha value is -1.48. The summed E-state index contributed by atoms with van der Waals surface area (Å²) in [5.41, 5.74) is 3.23. The molecule has 9 heteroatoms. The first-order valence-corrected chi connectivity index (χ1v) is 9.43. The second-order valence-electron chi connectivity index (χ2n) is 5.05. The molecule has 1 heterocycles. The number of rotatable bonds is 4. The Morgan fingerprint density at radius 2 is 2.04 bits per heavy atom. The number of carbonyl (C=O) groups is 1. The molecule has 2 aromatic rings. The molecule has 0 saturated heterocycles. The van der Waals surface area contributed by atoms with Gasteiger partial charge in [-0.05, 0) is 49.1 Å². The third-order valence-corrected chi connectivity index (χ3v) is 6.20. The van der Waals surface area contributed by atoms with E-state index in [-0.39, 0.29) is 5.02 Å². The summed E-state index contributed by atoms with van der Waals surface area (Å²) in [5.74, 6) is -1.56. The van der Waals surface area contributed by atoms with E-state index in [1.807, 2.05) is 4.83 Å². The molecule has 1 aromatic carbocycles. The van der Waals surface area contributed by atoms with E-state index >= 15 is 0 Å². The summed E-state index contributed by atoms with van der Waals surface area (Å²) in [4.78, 5) is 14.9. The van der Waals surface area contributed by atoms with Crippen LogP contribution in [-0.2, 0) is 22.9 Å². The molecule has 1 aromatic heterocycles. The summed E-state index contributed by atoms with van der Waals surface area (Å²) in [6.45, 7) is 0. The lowest BCUT2D eigenvalue weighted by atomic mass is 10.2. The number of hydrogen-bond acceptors (Lipinski definition) is 4. The van der Waals surface area contributed by atoms with Crippen LogP contribution in [0.4, 0.5) is 4.39 Å². The van der Waals surface area contributed by atoms with E-state index in [0.717, 1.165) is 41.8 Å². The van der Waals surface area contributed by atoms with Crippen LogP contribution in [0, 0.1) is 5.82 Å². The predicted octanol–water partition coefficient (Wildman–Crippen LogP) is 2.65. The molecule has 0 fully saturated rings. The average Bonchev–Trinajstić information content (AvgIpc) is 3.05. The second-order valence-corrected chi connectivity index (χ2v) is 8.27. The number of thiophene rings is 1. The molecule has 0 bridgehead atoms. The van der Waals surface area contributed by atoms with Gasteiger partial charge in [-0.2, -0.15) is 0 Å². The Kier molecular flexibility index (Phi) is 4.41. The maximum Gasteiger partial charge on any atom is 0.276 e. The molecule has 0 radical (unpaired) electrons. The molecule has 1 aliphatic carbocycles. The SMILES string of the molecule is O=C(NNS(=O)(=O)c1ccc(Cl)cc1F)c1cc2c(s1)CCC2. The van der Waals surface area contributed by atoms with Gasteiger partial charge in [-0.3, -0.25) is 10.2 Å². The van der Waals surface area contributed by atoms with Crippen molar-refractivity contribution in [3.05, 3.63) is 50.4 Å². The van der Waals surface area contributed by atoms with Crippen molar-refractivity contribution >= 4 is 38.9 Å². The second kappa shape index (κ2) is 6.20. The maximum atomic E-state index is 13.7. The summed E-state index contributed by atoms with van der Waals surface area (Å²) >= 11 is 6.93. The number of carbonyl (C=O) groups excluding carboxylic acids is 1. The van der Waals surface area contributed by atoms with Crippen LogP contribution < -0.4 is 10.3 Å². The topological polar surface area (TPSA) is 75.3 Å². The normalized spacial score (nSPS) is 13.8. The Morgan fingerprint density at radius 1 is 1.26 bits per heavy atom. The van der Waals surface area contributed by atoms with Crippen molar-refractivity contribution < 1.29 is 17.6 Å². The van der Waals surface area contributed by atoms with Gasteiger partial charge in [0.2, 0.25) is 0 Å². The van der Waals surface area contributed by atoms with E-state index in [0.29, 0.717) is 4.88 Å². The molecule has 0 atom stereocenters. The van der Waals surface area contributed by atoms with Crippen LogP contribution in [0.3, 0.4) is 0 Å². The quantitative estimate of drug-likeness (QED) is 0.808. The third kappa shape index (κ3) is 3.40. The van der Waals surface area contributed by atoms with Gasteiger partial charge in [0.15, 0.2) is 0 Å². The van der Waals surface area contributed by atoms with Crippen LogP contribution in [-0.4, -0.2) is 14.3 Å². The fourth-order valence-electron chi connectivity index (χ4n) is 2.36. The van der Waals surface area contributed by atoms with Crippen LogP contribution in [0.25, 0.3) is 0 Å². The van der Waals surface area contributed by atoms with Crippen LogP contribution in [0.1, 0.15) is 26.5 Å². The number of halogens is 2. The molecule has 5 nitrogen and oxygen atoms in total. The highest BCUT2D eigenvalue weighted by Crippen LogP contribution is 2.30. The summed E-state index contributed by atoms with van der Waals surface area (Å²) in [7, 11) is -4.22. The lowest BCUT2D eigenvalue weighted by molar-refractivity contribution is 0.0949. The van der Waals surface area contributed by atoms with Crippen molar-refractivity contribution in [2.24, 2.45) is 0 Å². The Bertz CT molecular complexity index is 859. The zero-order valence-electron chi connectivity index (χ0n) is 11.7. The van der Waals surface area contributed by atoms with Crippen molar-refractivity contribution in [2.75, 3.05) is 0 Å². The summed E-state index contributed by atoms with van der Waals surface area (Å²) in [6.07, 6.45) is 2.95. The summed E-state index contributed by atoms with van der Waals surface area (Å²) in [6, 6.07) is 4.94. The maximum absolute atomic E-state index is 13.7. The fourth-order valence-corrected chi connectivity index (χ4v) is 4.57. The van der Waals surface area contributed by atoms with Gasteiger partial charge in [-0.25, -0.2) is 12.8 Å². The van der Waals surface area contributed by atoms with Crippen molar-refractivity contribution in [3.8, 4) is 0 Å². The average molecular weight is 375 g/mol. The smallest absolute Gasteiger partial charge is 0.273 e. The number of sulfonamides is 1. The molecule has 122 valence electrons. The fraction of sp³-hybridized carbons (Fsp3) is 0.214. The Balaban J connectivity index is 1.72. The minimum absolute atomic E-state index is 0.0820. The number of hydrogen-bond donors (Lipinski definition) is 2. The lowest BCUT2D eigenvalue weighted by Crippen LogP contribution is -2.41. The van der Waals surface area contributed by atoms with Gasteiger partial charge in [0.25, 0.3) is 15.9 Å². The van der Waals surface area contributed by atoms with E-state index in [9.17, 15) is 17.6 Å². The molecule has 3 rings (SSSR count). The lowest BCUT2D eigenvalue weighted by Gasteiger charge is -2.08. The van der Waals surface area contributed by atoms with Crippen molar-refractivity contribution in [3.63, 3.8) is 0 Å². The first kappa shape index (κ1) is 16.4. The van der Waals surface area contributed by atoms with Crippen LogP contribution in [0.5, 0.6) is 0 Å². The molecule has 0 aliphatic heterocycles. The molecule has 0 spiro atoms. The minimum Gasteiger partial charge on any atom is -0.273 e. The number of hydrazine groups is 1. The molecule has 0 saturated carbocycles. The van der Waals surface area contributed by atoms with Gasteiger partial charge in [0.1, 0.15) is 10.7 Å². The minimum atomic E-state index is -4.22. The van der Waals surface area contributed by atoms with Crippen molar-refractivity contribution in [2.45, 2.75) is 24.2 Å². The monoisotopic (exact) mass is 374 g/mol. The number of fused-ring (bicyclic) bond motifs is 1. The standard InChI is InChI=1S/C14H12ClFN2O3S2/c15-9-4-5-13(10(16)7-9)23(20,21)18-17-14(19)12-6-8-2-1-3-11(8)22-12/h4-7,18H,1-3H2,(H,17,19). The number of benzene rings is 1. The third-order valence-electron chi connectivity index (χ3n) is 3.45. The number of amides is 1. The largest absolute Gasteiger partial charge is 0.276 e. The highest BCUT2D eigenvalue weighted by molar-refractivity contribution is 7.89. The highest BCUT2D eigenvalue weighted by atomic mass is 35.5. The molecule has 0 unspecified atom stereocenters. The van der Waals surface area contributed by atoms with Crippen LogP contribution in [0.2, 0.25) is 5.02 Å². The summed E-state index contributed by atoms with van der Waals surface area (Å²) < 4.78 is 37.8. The zero-order valence-corrected chi connectivity index (χ0v) is 14.1. The molecule has 2 N–H and O–H groups in total. The van der Waals surface area contributed by atoms with E-state index in [2.05, 4.69) is 5.43 Å². The Labute approximate surface area is 141 Å². The van der Waals surface area contributed by atoms with E-state index in [4.69, 9.17) is 11.6 Å². The van der Waals surface area contributed by atoms with Gasteiger partial charge in [-0.1, -0.05) is 11.6 Å². The summed E-state index contributed by atoms with van der Waals surface area (Å²) in [5, 5.41) is 0.0820. The predicted molar refractivity (Wildman–Crippen MR) is 85.5 cm³/mol. The van der Waals surface area contributed by atoms with E-state index < -0.39 is 26.6 Å². The van der Waals surface area contributed by atoms with Gasteiger partial charge in [0.05, 0.1) is 4.88 Å². The van der Waals surface area contributed by atoms with Crippen molar-refractivity contribution in [1.29, 1.82) is 0 Å². The molecular weight excluding hydrogens is 363 g/mol. The number of aryl methyl sites for hydroxylation is 2. The van der Waals surface area contributed by atoms with Gasteiger partial charge in [0, 0.05) is 9.90 Å². The first-order valence-electron chi connectivity index (χ1n) is 6.75. The molecule has 23 heavy (non-hydrogen) atoms. The first-order chi connectivity index (χ1) is 10.9. The van der Waals surface area contributed by atoms with Gasteiger partial charge >= 0.3 is 0 Å². The van der Waals surface area contributed by atoms with Gasteiger partial charge < -0.3 is 0 Å². The van der Waals surface area contributed by atoms with Crippen molar-refractivity contribution in [1.82, 2.24) is 10.3 Å². The Morgan fingerprint density at radius 3 is 2.74 bits per heavy atom. The molecule has 1 amide bonds. The zero-order chi connectivity index (χ0) is 16.6. The van der Waals surface area contributed by atoms with Crippen LogP contribution in [0.15, 0.2) is 29.2 Å². The highest BCUT2D eigenvalue weighted by Gasteiger charge is 2.22. The molecular formula is C14H12ClFN2O3S2. The molecule has 1 aliphatic rings. The number of nitrogens with one attached hydrogen (secondary N) is 2. The van der Waals surface area contributed by atoms with E-state index in [1.54, 1.807) is 6.07 Å². The van der Waals surface area contributed by atoms with Crippen LogP contribution >= 0.6 is 22.9 Å².